The van der Waals surface area contributed by atoms with E-state index < -0.39 is 34.8 Å². The molecule has 1 N–H and O–H groups in total. The molecule has 1 aromatic heterocycles. The van der Waals surface area contributed by atoms with Crippen molar-refractivity contribution >= 4 is 40.3 Å². The maximum atomic E-state index is 13.6. The zero-order valence-electron chi connectivity index (χ0n) is 20.1. The summed E-state index contributed by atoms with van der Waals surface area (Å²) < 4.78 is 38.6. The number of fused-ring (bicyclic) bond motifs is 1. The van der Waals surface area contributed by atoms with E-state index >= 15 is 0 Å². The second kappa shape index (κ2) is 10.6. The molecule has 5 rings (SSSR count). The lowest BCUT2D eigenvalue weighted by Crippen LogP contribution is -2.36. The lowest BCUT2D eigenvalue weighted by Gasteiger charge is -2.27. The SMILES string of the molecule is O=C(ON1C(=O)CCC1=O)c1cc(CCNc2cc(F)cc(F)c2)c2oc(N3CCOCC3)cc(=O)c2c1. The Morgan fingerprint density at radius 1 is 0.947 bits per heavy atom. The number of hydrogen-bond donors (Lipinski definition) is 1. The Labute approximate surface area is 214 Å². The third-order valence-corrected chi connectivity index (χ3v) is 6.22. The number of carbonyl (C=O) groups excluding carboxylic acids is 3. The number of hydroxylamine groups is 2. The number of nitrogens with zero attached hydrogens (tertiary/aromatic N) is 2. The minimum absolute atomic E-state index is 0.0602. The fourth-order valence-electron chi connectivity index (χ4n) is 4.35. The van der Waals surface area contributed by atoms with Crippen molar-refractivity contribution in [1.82, 2.24) is 5.06 Å². The molecule has 10 nitrogen and oxygen atoms in total. The van der Waals surface area contributed by atoms with Crippen LogP contribution in [0.3, 0.4) is 0 Å². The van der Waals surface area contributed by atoms with Crippen LogP contribution < -0.4 is 15.6 Å². The molecule has 2 aliphatic rings. The van der Waals surface area contributed by atoms with Crippen LogP contribution >= 0.6 is 0 Å². The lowest BCUT2D eigenvalue weighted by molar-refractivity contribution is -0.172. The summed E-state index contributed by atoms with van der Waals surface area (Å²) in [6, 6.07) is 7.08. The first-order chi connectivity index (χ1) is 18.3. The van der Waals surface area contributed by atoms with Crippen molar-refractivity contribution in [2.45, 2.75) is 19.3 Å². The van der Waals surface area contributed by atoms with Crippen LogP contribution in [0.5, 0.6) is 0 Å². The van der Waals surface area contributed by atoms with Gasteiger partial charge in [-0.25, -0.2) is 13.6 Å². The molecule has 2 amide bonds. The van der Waals surface area contributed by atoms with Gasteiger partial charge in [0.05, 0.1) is 24.2 Å². The first-order valence-electron chi connectivity index (χ1n) is 12.0. The van der Waals surface area contributed by atoms with Crippen LogP contribution in [0.15, 0.2) is 45.6 Å². The van der Waals surface area contributed by atoms with Gasteiger partial charge in [0.25, 0.3) is 11.8 Å². The van der Waals surface area contributed by atoms with Gasteiger partial charge in [-0.2, -0.15) is 0 Å². The van der Waals surface area contributed by atoms with Gasteiger partial charge in [-0.1, -0.05) is 0 Å². The molecule has 2 aliphatic heterocycles. The van der Waals surface area contributed by atoms with Crippen LogP contribution in [0.1, 0.15) is 28.8 Å². The van der Waals surface area contributed by atoms with E-state index in [-0.39, 0.29) is 48.0 Å². The zero-order chi connectivity index (χ0) is 26.8. The number of halogens is 2. The molecule has 3 aromatic rings. The Morgan fingerprint density at radius 3 is 2.32 bits per heavy atom. The van der Waals surface area contributed by atoms with Crippen molar-refractivity contribution in [3.63, 3.8) is 0 Å². The molecule has 12 heteroatoms. The highest BCUT2D eigenvalue weighted by Gasteiger charge is 2.33. The van der Waals surface area contributed by atoms with E-state index in [0.29, 0.717) is 42.8 Å². The summed E-state index contributed by atoms with van der Waals surface area (Å²) in [5.41, 5.74) is 0.408. The molecular formula is C26H23F2N3O7. The molecule has 38 heavy (non-hydrogen) atoms. The molecule has 0 aliphatic carbocycles. The summed E-state index contributed by atoms with van der Waals surface area (Å²) in [6.07, 6.45) is 0.0670. The zero-order valence-corrected chi connectivity index (χ0v) is 20.1. The van der Waals surface area contributed by atoms with Gasteiger partial charge in [0.2, 0.25) is 0 Å². The van der Waals surface area contributed by atoms with Crippen molar-refractivity contribution in [3.8, 4) is 0 Å². The monoisotopic (exact) mass is 527 g/mol. The van der Waals surface area contributed by atoms with Crippen molar-refractivity contribution in [3.05, 3.63) is 69.4 Å². The van der Waals surface area contributed by atoms with Gasteiger partial charge in [-0.15, -0.1) is 5.06 Å². The highest BCUT2D eigenvalue weighted by molar-refractivity contribution is 6.03. The maximum Gasteiger partial charge on any atom is 0.363 e. The average Bonchev–Trinajstić information content (AvgIpc) is 3.20. The van der Waals surface area contributed by atoms with Crippen molar-refractivity contribution < 1.29 is 37.2 Å². The van der Waals surface area contributed by atoms with Gasteiger partial charge in [0, 0.05) is 50.3 Å². The highest BCUT2D eigenvalue weighted by atomic mass is 19.1. The number of benzene rings is 2. The minimum atomic E-state index is -0.992. The van der Waals surface area contributed by atoms with Gasteiger partial charge >= 0.3 is 5.97 Å². The number of carbonyl (C=O) groups is 3. The predicted molar refractivity (Wildman–Crippen MR) is 131 cm³/mol. The largest absolute Gasteiger partial charge is 0.440 e. The van der Waals surface area contributed by atoms with Crippen molar-refractivity contribution in [1.29, 1.82) is 0 Å². The van der Waals surface area contributed by atoms with Crippen LogP contribution in [0.25, 0.3) is 11.0 Å². The van der Waals surface area contributed by atoms with Gasteiger partial charge in [-0.3, -0.25) is 14.4 Å². The van der Waals surface area contributed by atoms with E-state index in [4.69, 9.17) is 14.0 Å². The topological polar surface area (TPSA) is 118 Å². The summed E-state index contributed by atoms with van der Waals surface area (Å²) in [5.74, 6) is -3.40. The number of anilines is 2. The standard InChI is InChI=1S/C26H23F2N3O7/c27-17-11-18(28)13-19(12-17)29-4-3-15-9-16(26(35)38-31-22(33)1-2-23(31)34)10-20-21(32)14-24(37-25(15)20)30-5-7-36-8-6-30/h9-14,29H,1-8H2. The third-order valence-electron chi connectivity index (χ3n) is 6.22. The molecule has 198 valence electrons. The summed E-state index contributed by atoms with van der Waals surface area (Å²) in [5, 5.41) is 3.44. The molecule has 2 aromatic carbocycles. The molecular weight excluding hydrogens is 504 g/mol. The fraction of sp³-hybridized carbons (Fsp3) is 0.308. The van der Waals surface area contributed by atoms with Crippen LogP contribution in [-0.2, 0) is 25.6 Å². The number of ether oxygens (including phenoxy) is 1. The van der Waals surface area contributed by atoms with Crippen molar-refractivity contribution in [2.24, 2.45) is 0 Å². The smallest absolute Gasteiger partial charge is 0.363 e. The normalized spacial score (nSPS) is 15.8. The second-order valence-electron chi connectivity index (χ2n) is 8.86. The van der Waals surface area contributed by atoms with Crippen molar-refractivity contribution in [2.75, 3.05) is 43.1 Å². The average molecular weight is 527 g/mol. The van der Waals surface area contributed by atoms with E-state index in [1.807, 2.05) is 4.90 Å². The molecule has 0 saturated carbocycles. The van der Waals surface area contributed by atoms with E-state index in [2.05, 4.69) is 5.32 Å². The summed E-state index contributed by atoms with van der Waals surface area (Å²) in [4.78, 5) is 56.6. The van der Waals surface area contributed by atoms with Gasteiger partial charge in [0.15, 0.2) is 11.3 Å². The Morgan fingerprint density at radius 2 is 1.63 bits per heavy atom. The molecule has 3 heterocycles. The van der Waals surface area contributed by atoms with Gasteiger partial charge < -0.3 is 24.2 Å². The second-order valence-corrected chi connectivity index (χ2v) is 8.86. The Balaban J connectivity index is 1.48. The number of rotatable bonds is 7. The van der Waals surface area contributed by atoms with E-state index in [0.717, 1.165) is 18.2 Å². The summed E-state index contributed by atoms with van der Waals surface area (Å²) in [6.45, 7) is 2.17. The van der Waals surface area contributed by atoms with Crippen LogP contribution in [-0.4, -0.2) is 55.7 Å². The summed E-state index contributed by atoms with van der Waals surface area (Å²) in [7, 11) is 0. The minimum Gasteiger partial charge on any atom is -0.440 e. The number of morpholine rings is 1. The number of nitrogens with one attached hydrogen (secondary N) is 1. The number of hydrogen-bond acceptors (Lipinski definition) is 9. The lowest BCUT2D eigenvalue weighted by atomic mass is 10.0. The molecule has 0 bridgehead atoms. The van der Waals surface area contributed by atoms with E-state index in [1.54, 1.807) is 0 Å². The molecule has 0 radical (unpaired) electrons. The Bertz CT molecular complexity index is 1450. The van der Waals surface area contributed by atoms with Crippen LogP contribution in [0.4, 0.5) is 20.4 Å². The first kappa shape index (κ1) is 25.3. The molecule has 2 fully saturated rings. The first-order valence-corrected chi connectivity index (χ1v) is 12.0. The molecule has 2 saturated heterocycles. The van der Waals surface area contributed by atoms with Crippen LogP contribution in [0.2, 0.25) is 0 Å². The van der Waals surface area contributed by atoms with E-state index in [9.17, 15) is 28.0 Å². The van der Waals surface area contributed by atoms with Crippen LogP contribution in [0, 0.1) is 11.6 Å². The summed E-state index contributed by atoms with van der Waals surface area (Å²) >= 11 is 0. The van der Waals surface area contributed by atoms with E-state index in [1.165, 1.54) is 18.2 Å². The molecule has 0 unspecified atom stereocenters. The molecule has 0 atom stereocenters. The molecule has 0 spiro atoms. The Kier molecular flexibility index (Phi) is 7.05. The van der Waals surface area contributed by atoms with Gasteiger partial charge in [0.1, 0.15) is 17.2 Å². The Hall–Kier alpha value is -4.32. The highest BCUT2D eigenvalue weighted by Crippen LogP contribution is 2.26. The number of imide groups is 1. The maximum absolute atomic E-state index is 13.6. The fourth-order valence-corrected chi connectivity index (χ4v) is 4.35. The third kappa shape index (κ3) is 5.35. The van der Waals surface area contributed by atoms with Gasteiger partial charge in [-0.05, 0) is 36.2 Å². The predicted octanol–water partition coefficient (Wildman–Crippen LogP) is 2.78. The quantitative estimate of drug-likeness (QED) is 0.463. The number of amides is 2.